The highest BCUT2D eigenvalue weighted by atomic mass is 15.3. The third kappa shape index (κ3) is 2.47. The molecule has 0 saturated carbocycles. The van der Waals surface area contributed by atoms with E-state index in [2.05, 4.69) is 29.7 Å². The van der Waals surface area contributed by atoms with Crippen LogP contribution in [0, 0.1) is 6.92 Å². The molecule has 1 fully saturated rings. The average Bonchev–Trinajstić information content (AvgIpc) is 2.51. The van der Waals surface area contributed by atoms with Crippen LogP contribution in [0.4, 0.5) is 17.7 Å². The molecule has 0 unspecified atom stereocenters. The van der Waals surface area contributed by atoms with Gasteiger partial charge in [0.1, 0.15) is 5.82 Å². The molecule has 2 aromatic heterocycles. The van der Waals surface area contributed by atoms with Gasteiger partial charge in [0.15, 0.2) is 0 Å². The second-order valence-corrected chi connectivity index (χ2v) is 4.76. The van der Waals surface area contributed by atoms with E-state index in [9.17, 15) is 0 Å². The first kappa shape index (κ1) is 12.6. The Labute approximate surface area is 117 Å². The minimum Gasteiger partial charge on any atom is -0.368 e. The summed E-state index contributed by atoms with van der Waals surface area (Å²) in [4.78, 5) is 21.3. The number of anilines is 3. The van der Waals surface area contributed by atoms with Crippen molar-refractivity contribution in [1.29, 1.82) is 0 Å². The van der Waals surface area contributed by atoms with E-state index in [4.69, 9.17) is 5.73 Å². The molecule has 1 saturated heterocycles. The molecular formula is C13H17N7. The second-order valence-electron chi connectivity index (χ2n) is 4.76. The molecule has 104 valence electrons. The van der Waals surface area contributed by atoms with Crippen molar-refractivity contribution in [2.24, 2.45) is 0 Å². The number of aromatic nitrogens is 4. The second kappa shape index (κ2) is 5.28. The first-order valence-corrected chi connectivity index (χ1v) is 6.60. The van der Waals surface area contributed by atoms with Crippen molar-refractivity contribution in [3.05, 3.63) is 30.2 Å². The molecule has 0 spiro atoms. The summed E-state index contributed by atoms with van der Waals surface area (Å²) >= 11 is 0. The van der Waals surface area contributed by atoms with Gasteiger partial charge >= 0.3 is 0 Å². The highest BCUT2D eigenvalue weighted by molar-refractivity contribution is 5.49. The van der Waals surface area contributed by atoms with Crippen LogP contribution in [0.15, 0.2) is 24.7 Å². The van der Waals surface area contributed by atoms with Crippen LogP contribution in [-0.4, -0.2) is 46.1 Å². The van der Waals surface area contributed by atoms with E-state index in [1.165, 1.54) is 0 Å². The molecule has 0 aliphatic carbocycles. The lowest BCUT2D eigenvalue weighted by Crippen LogP contribution is -2.47. The van der Waals surface area contributed by atoms with Crippen molar-refractivity contribution in [2.75, 3.05) is 41.7 Å². The Morgan fingerprint density at radius 2 is 1.65 bits per heavy atom. The molecule has 0 radical (unpaired) electrons. The minimum atomic E-state index is 0.319. The van der Waals surface area contributed by atoms with Gasteiger partial charge in [-0.2, -0.15) is 4.98 Å². The summed E-state index contributed by atoms with van der Waals surface area (Å²) in [7, 11) is 0. The summed E-state index contributed by atoms with van der Waals surface area (Å²) in [5, 5.41) is 0. The summed E-state index contributed by atoms with van der Waals surface area (Å²) in [6.45, 7) is 5.48. The van der Waals surface area contributed by atoms with Crippen LogP contribution in [0.2, 0.25) is 0 Å². The first-order chi connectivity index (χ1) is 9.74. The number of aryl methyl sites for hydroxylation is 1. The summed E-state index contributed by atoms with van der Waals surface area (Å²) in [5.74, 6) is 2.02. The largest absolute Gasteiger partial charge is 0.368 e. The molecule has 7 heteroatoms. The van der Waals surface area contributed by atoms with Crippen molar-refractivity contribution >= 4 is 17.7 Å². The lowest BCUT2D eigenvalue weighted by atomic mass is 10.2. The van der Waals surface area contributed by atoms with Gasteiger partial charge in [-0.25, -0.2) is 15.0 Å². The van der Waals surface area contributed by atoms with E-state index >= 15 is 0 Å². The lowest BCUT2D eigenvalue weighted by molar-refractivity contribution is 0.633. The monoisotopic (exact) mass is 271 g/mol. The predicted molar refractivity (Wildman–Crippen MR) is 77.6 cm³/mol. The Morgan fingerprint density at radius 1 is 1.00 bits per heavy atom. The third-order valence-electron chi connectivity index (χ3n) is 3.38. The quantitative estimate of drug-likeness (QED) is 0.850. The Balaban J connectivity index is 1.71. The number of hydrogen-bond donors (Lipinski definition) is 1. The van der Waals surface area contributed by atoms with Crippen molar-refractivity contribution in [3.63, 3.8) is 0 Å². The van der Waals surface area contributed by atoms with Crippen LogP contribution in [-0.2, 0) is 0 Å². The molecule has 1 aliphatic rings. The molecule has 3 heterocycles. The smallest absolute Gasteiger partial charge is 0.225 e. The summed E-state index contributed by atoms with van der Waals surface area (Å²) in [5.41, 5.74) is 6.72. The number of nitrogen functional groups attached to an aromatic ring is 1. The molecule has 0 bridgehead atoms. The van der Waals surface area contributed by atoms with E-state index in [1.54, 1.807) is 18.6 Å². The maximum atomic E-state index is 5.67. The topological polar surface area (TPSA) is 84.1 Å². The molecule has 2 N–H and O–H groups in total. The zero-order valence-corrected chi connectivity index (χ0v) is 11.4. The average molecular weight is 271 g/mol. The van der Waals surface area contributed by atoms with E-state index in [0.717, 1.165) is 43.5 Å². The standard InChI is InChI=1S/C13H17N7/c1-10-9-17-12(14)18-11(10)19-5-7-20(8-6-19)13-15-3-2-4-16-13/h2-4,9H,5-8H2,1H3,(H2,14,17,18). The van der Waals surface area contributed by atoms with Gasteiger partial charge in [-0.15, -0.1) is 0 Å². The van der Waals surface area contributed by atoms with Crippen molar-refractivity contribution in [3.8, 4) is 0 Å². The van der Waals surface area contributed by atoms with Gasteiger partial charge in [0, 0.05) is 50.3 Å². The van der Waals surface area contributed by atoms with Gasteiger partial charge < -0.3 is 15.5 Å². The van der Waals surface area contributed by atoms with E-state index < -0.39 is 0 Å². The Hall–Kier alpha value is -2.44. The van der Waals surface area contributed by atoms with E-state index in [0.29, 0.717) is 5.95 Å². The fraction of sp³-hybridized carbons (Fsp3) is 0.385. The highest BCUT2D eigenvalue weighted by Crippen LogP contribution is 2.19. The molecule has 0 atom stereocenters. The van der Waals surface area contributed by atoms with Crippen molar-refractivity contribution < 1.29 is 0 Å². The van der Waals surface area contributed by atoms with Gasteiger partial charge in [0.25, 0.3) is 0 Å². The van der Waals surface area contributed by atoms with Crippen LogP contribution >= 0.6 is 0 Å². The summed E-state index contributed by atoms with van der Waals surface area (Å²) in [6, 6.07) is 1.83. The SMILES string of the molecule is Cc1cnc(N)nc1N1CCN(c2ncccn2)CC1. The third-order valence-corrected chi connectivity index (χ3v) is 3.38. The molecule has 0 amide bonds. The van der Waals surface area contributed by atoms with Crippen LogP contribution in [0.3, 0.4) is 0 Å². The van der Waals surface area contributed by atoms with Crippen molar-refractivity contribution in [2.45, 2.75) is 6.92 Å². The fourth-order valence-electron chi connectivity index (χ4n) is 2.34. The first-order valence-electron chi connectivity index (χ1n) is 6.60. The van der Waals surface area contributed by atoms with Crippen LogP contribution in [0.25, 0.3) is 0 Å². The van der Waals surface area contributed by atoms with Gasteiger partial charge in [-0.1, -0.05) is 0 Å². The summed E-state index contributed by atoms with van der Waals surface area (Å²) in [6.07, 6.45) is 5.30. The molecular weight excluding hydrogens is 254 g/mol. The molecule has 7 nitrogen and oxygen atoms in total. The Kier molecular flexibility index (Phi) is 3.32. The fourth-order valence-corrected chi connectivity index (χ4v) is 2.34. The van der Waals surface area contributed by atoms with Crippen LogP contribution in [0.1, 0.15) is 5.56 Å². The van der Waals surface area contributed by atoms with Gasteiger partial charge in [0.2, 0.25) is 11.9 Å². The number of hydrogen-bond acceptors (Lipinski definition) is 7. The Morgan fingerprint density at radius 3 is 2.35 bits per heavy atom. The van der Waals surface area contributed by atoms with Gasteiger partial charge in [-0.3, -0.25) is 0 Å². The molecule has 2 aromatic rings. The zero-order chi connectivity index (χ0) is 13.9. The highest BCUT2D eigenvalue weighted by Gasteiger charge is 2.21. The number of piperazine rings is 1. The molecule has 3 rings (SSSR count). The van der Waals surface area contributed by atoms with Gasteiger partial charge in [0.05, 0.1) is 0 Å². The predicted octanol–water partition coefficient (Wildman–Crippen LogP) is 0.484. The minimum absolute atomic E-state index is 0.319. The molecule has 0 aromatic carbocycles. The number of nitrogens with two attached hydrogens (primary N) is 1. The summed E-state index contributed by atoms with van der Waals surface area (Å²) < 4.78 is 0. The normalized spacial score (nSPS) is 15.4. The van der Waals surface area contributed by atoms with Crippen molar-refractivity contribution in [1.82, 2.24) is 19.9 Å². The number of nitrogens with zero attached hydrogens (tertiary/aromatic N) is 6. The molecule has 1 aliphatic heterocycles. The Bertz CT molecular complexity index is 579. The lowest BCUT2D eigenvalue weighted by Gasteiger charge is -2.35. The van der Waals surface area contributed by atoms with Crippen LogP contribution in [0.5, 0.6) is 0 Å². The maximum Gasteiger partial charge on any atom is 0.225 e. The maximum absolute atomic E-state index is 5.67. The van der Waals surface area contributed by atoms with E-state index in [1.807, 2.05) is 13.0 Å². The number of rotatable bonds is 2. The zero-order valence-electron chi connectivity index (χ0n) is 11.4. The van der Waals surface area contributed by atoms with Crippen LogP contribution < -0.4 is 15.5 Å². The van der Waals surface area contributed by atoms with E-state index in [-0.39, 0.29) is 0 Å². The van der Waals surface area contributed by atoms with Gasteiger partial charge in [-0.05, 0) is 13.0 Å². The molecule has 20 heavy (non-hydrogen) atoms.